The summed E-state index contributed by atoms with van der Waals surface area (Å²) in [7, 11) is 0. The maximum absolute atomic E-state index is 12.9. The van der Waals surface area contributed by atoms with E-state index < -0.39 is 11.7 Å². The number of ether oxygens (including phenoxy) is 1. The third-order valence-electron chi connectivity index (χ3n) is 5.54. The zero-order chi connectivity index (χ0) is 24.0. The molecule has 0 spiro atoms. The van der Waals surface area contributed by atoms with Gasteiger partial charge in [-0.1, -0.05) is 48.9 Å². The van der Waals surface area contributed by atoms with Gasteiger partial charge in [-0.25, -0.2) is 0 Å². The Morgan fingerprint density at radius 1 is 0.970 bits per heavy atom. The van der Waals surface area contributed by atoms with Crippen LogP contribution in [0.3, 0.4) is 0 Å². The molecule has 0 aliphatic heterocycles. The first-order valence-electron chi connectivity index (χ1n) is 10.5. The van der Waals surface area contributed by atoms with Crippen molar-refractivity contribution >= 4 is 17.3 Å². The first-order valence-corrected chi connectivity index (χ1v) is 10.9. The molecule has 0 radical (unpaired) electrons. The standard InChI is InChI=1S/C26H24ClF3N2O/c1-17(18(2)32-25-12-11-21(15-24(25)27)26(28,29)30)13-20(16-31)19-7-6-10-23(14-19)33-22-8-4-3-5-9-22/h3-12,14-15,17-18,20,32H,13H2,1-2H3. The van der Waals surface area contributed by atoms with Crippen LogP contribution in [-0.4, -0.2) is 6.04 Å². The van der Waals surface area contributed by atoms with Crippen LogP contribution in [0, 0.1) is 17.2 Å². The molecule has 0 bridgehead atoms. The molecule has 3 unspecified atom stereocenters. The number of halogens is 4. The SMILES string of the molecule is CC(CC(C#N)c1cccc(Oc2ccccc2)c1)C(C)Nc1ccc(C(F)(F)F)cc1Cl. The van der Waals surface area contributed by atoms with Crippen molar-refractivity contribution < 1.29 is 17.9 Å². The van der Waals surface area contributed by atoms with E-state index in [1.807, 2.05) is 68.4 Å². The molecule has 0 aliphatic rings. The second kappa shape index (κ2) is 10.6. The number of nitrogens with zero attached hydrogens (tertiary/aromatic N) is 1. The molecule has 0 fully saturated rings. The zero-order valence-electron chi connectivity index (χ0n) is 18.2. The summed E-state index contributed by atoms with van der Waals surface area (Å²) < 4.78 is 44.5. The fourth-order valence-electron chi connectivity index (χ4n) is 3.45. The Hall–Kier alpha value is -3.17. The molecule has 3 nitrogen and oxygen atoms in total. The van der Waals surface area contributed by atoms with Crippen molar-refractivity contribution in [2.75, 3.05) is 5.32 Å². The van der Waals surface area contributed by atoms with Crippen molar-refractivity contribution in [1.29, 1.82) is 5.26 Å². The van der Waals surface area contributed by atoms with E-state index in [2.05, 4.69) is 11.4 Å². The average molecular weight is 473 g/mol. The lowest BCUT2D eigenvalue weighted by Crippen LogP contribution is -2.25. The fourth-order valence-corrected chi connectivity index (χ4v) is 3.69. The van der Waals surface area contributed by atoms with Crippen molar-refractivity contribution in [3.8, 4) is 17.6 Å². The van der Waals surface area contributed by atoms with E-state index in [4.69, 9.17) is 16.3 Å². The van der Waals surface area contributed by atoms with Crippen LogP contribution in [0.4, 0.5) is 18.9 Å². The quantitative estimate of drug-likeness (QED) is 0.358. The number of hydrogen-bond acceptors (Lipinski definition) is 3. The van der Waals surface area contributed by atoms with Gasteiger partial charge >= 0.3 is 6.18 Å². The number of nitrogens with one attached hydrogen (secondary N) is 1. The lowest BCUT2D eigenvalue weighted by atomic mass is 9.87. The Balaban J connectivity index is 1.66. The van der Waals surface area contributed by atoms with Gasteiger partial charge in [-0.05, 0) is 67.3 Å². The molecule has 0 aliphatic carbocycles. The third-order valence-corrected chi connectivity index (χ3v) is 5.85. The normalized spacial score (nSPS) is 14.1. The number of para-hydroxylation sites is 1. The second-order valence-electron chi connectivity index (χ2n) is 8.01. The van der Waals surface area contributed by atoms with E-state index in [-0.39, 0.29) is 22.9 Å². The van der Waals surface area contributed by atoms with Gasteiger partial charge in [0.25, 0.3) is 0 Å². The predicted molar refractivity (Wildman–Crippen MR) is 125 cm³/mol. The molecule has 7 heteroatoms. The maximum Gasteiger partial charge on any atom is 0.416 e. The van der Waals surface area contributed by atoms with E-state index in [9.17, 15) is 18.4 Å². The molecule has 3 atom stereocenters. The van der Waals surface area contributed by atoms with E-state index in [1.165, 1.54) is 6.07 Å². The summed E-state index contributed by atoms with van der Waals surface area (Å²) in [4.78, 5) is 0. The molecule has 33 heavy (non-hydrogen) atoms. The number of rotatable bonds is 8. The summed E-state index contributed by atoms with van der Waals surface area (Å²) >= 11 is 6.07. The Kier molecular flexibility index (Phi) is 7.88. The minimum atomic E-state index is -4.44. The van der Waals surface area contributed by atoms with E-state index in [1.54, 1.807) is 0 Å². The zero-order valence-corrected chi connectivity index (χ0v) is 19.0. The predicted octanol–water partition coefficient (Wildman–Crippen LogP) is 8.29. The lowest BCUT2D eigenvalue weighted by molar-refractivity contribution is -0.137. The molecule has 172 valence electrons. The minimum Gasteiger partial charge on any atom is -0.457 e. The van der Waals surface area contributed by atoms with Crippen molar-refractivity contribution in [3.05, 3.63) is 88.9 Å². The Bertz CT molecular complexity index is 1110. The molecular weight excluding hydrogens is 449 g/mol. The van der Waals surface area contributed by atoms with E-state index >= 15 is 0 Å². The van der Waals surface area contributed by atoms with Crippen LogP contribution in [0.1, 0.15) is 37.3 Å². The van der Waals surface area contributed by atoms with Gasteiger partial charge < -0.3 is 10.1 Å². The van der Waals surface area contributed by atoms with Crippen molar-refractivity contribution in [3.63, 3.8) is 0 Å². The van der Waals surface area contributed by atoms with Gasteiger partial charge in [0.1, 0.15) is 11.5 Å². The molecule has 0 aromatic heterocycles. The lowest BCUT2D eigenvalue weighted by Gasteiger charge is -2.25. The Labute approximate surface area is 196 Å². The summed E-state index contributed by atoms with van der Waals surface area (Å²) in [6, 6.07) is 22.3. The topological polar surface area (TPSA) is 45.0 Å². The first-order chi connectivity index (χ1) is 15.7. The monoisotopic (exact) mass is 472 g/mol. The molecule has 0 heterocycles. The first kappa shape index (κ1) is 24.5. The molecule has 0 saturated heterocycles. The van der Waals surface area contributed by atoms with Gasteiger partial charge in [0, 0.05) is 6.04 Å². The number of nitriles is 1. The highest BCUT2D eigenvalue weighted by Crippen LogP contribution is 2.35. The van der Waals surface area contributed by atoms with Crippen LogP contribution in [0.15, 0.2) is 72.8 Å². The molecule has 3 aromatic carbocycles. The average Bonchev–Trinajstić information content (AvgIpc) is 2.78. The van der Waals surface area contributed by atoms with Gasteiger partial charge in [0.15, 0.2) is 0 Å². The van der Waals surface area contributed by atoms with Crippen molar-refractivity contribution in [2.24, 2.45) is 5.92 Å². The third kappa shape index (κ3) is 6.66. The van der Waals surface area contributed by atoms with E-state index in [0.717, 1.165) is 17.7 Å². The molecule has 3 rings (SSSR count). The van der Waals surface area contributed by atoms with Crippen LogP contribution in [0.2, 0.25) is 5.02 Å². The Morgan fingerprint density at radius 3 is 2.30 bits per heavy atom. The van der Waals surface area contributed by atoms with Crippen molar-refractivity contribution in [2.45, 2.75) is 38.4 Å². The summed E-state index contributed by atoms with van der Waals surface area (Å²) in [5.41, 5.74) is 0.481. The summed E-state index contributed by atoms with van der Waals surface area (Å²) in [6.45, 7) is 3.91. The van der Waals surface area contributed by atoms with E-state index in [0.29, 0.717) is 23.6 Å². The highest BCUT2D eigenvalue weighted by Gasteiger charge is 2.31. The van der Waals surface area contributed by atoms with Gasteiger partial charge in [-0.2, -0.15) is 18.4 Å². The molecule has 1 N–H and O–H groups in total. The second-order valence-corrected chi connectivity index (χ2v) is 8.41. The highest BCUT2D eigenvalue weighted by molar-refractivity contribution is 6.33. The van der Waals surface area contributed by atoms with Gasteiger partial charge in [0.05, 0.1) is 28.3 Å². The van der Waals surface area contributed by atoms with Gasteiger partial charge in [-0.3, -0.25) is 0 Å². The number of benzene rings is 3. The molecule has 0 amide bonds. The van der Waals surface area contributed by atoms with Crippen LogP contribution >= 0.6 is 11.6 Å². The minimum absolute atomic E-state index is 0.00599. The maximum atomic E-state index is 12.9. The summed E-state index contributed by atoms with van der Waals surface area (Å²) in [5.74, 6) is 1.02. The van der Waals surface area contributed by atoms with Crippen LogP contribution in [0.5, 0.6) is 11.5 Å². The number of hydrogen-bond donors (Lipinski definition) is 1. The van der Waals surface area contributed by atoms with Crippen LogP contribution in [0.25, 0.3) is 0 Å². The van der Waals surface area contributed by atoms with Crippen LogP contribution < -0.4 is 10.1 Å². The Morgan fingerprint density at radius 2 is 1.67 bits per heavy atom. The summed E-state index contributed by atoms with van der Waals surface area (Å²) in [5, 5.41) is 13.0. The number of anilines is 1. The smallest absolute Gasteiger partial charge is 0.416 e. The largest absolute Gasteiger partial charge is 0.457 e. The molecule has 0 saturated carbocycles. The summed E-state index contributed by atoms with van der Waals surface area (Å²) in [6.07, 6.45) is -3.89. The molecular formula is C26H24ClF3N2O. The number of alkyl halides is 3. The van der Waals surface area contributed by atoms with Crippen LogP contribution in [-0.2, 0) is 6.18 Å². The molecule has 3 aromatic rings. The fraction of sp³-hybridized carbons (Fsp3) is 0.269. The van der Waals surface area contributed by atoms with Crippen molar-refractivity contribution in [1.82, 2.24) is 0 Å². The van der Waals surface area contributed by atoms with Gasteiger partial charge in [-0.15, -0.1) is 0 Å². The van der Waals surface area contributed by atoms with Gasteiger partial charge in [0.2, 0.25) is 0 Å². The highest BCUT2D eigenvalue weighted by atomic mass is 35.5.